The van der Waals surface area contributed by atoms with Gasteiger partial charge in [-0.1, -0.05) is 25.5 Å². The molecule has 5 nitrogen and oxygen atoms in total. The Morgan fingerprint density at radius 3 is 2.83 bits per heavy atom. The molecule has 24 heavy (non-hydrogen) atoms. The van der Waals surface area contributed by atoms with Crippen molar-refractivity contribution < 1.29 is 4.79 Å². The average molecular weight is 345 g/mol. The average Bonchev–Trinajstić information content (AvgIpc) is 2.85. The summed E-state index contributed by atoms with van der Waals surface area (Å²) in [6.07, 6.45) is 2.19. The molecule has 2 unspecified atom stereocenters. The maximum absolute atomic E-state index is 12.8. The second-order valence-corrected chi connectivity index (χ2v) is 8.33. The normalized spacial score (nSPS) is 21.5. The number of nitrogens with one attached hydrogen (secondary N) is 1. The van der Waals surface area contributed by atoms with Crippen LogP contribution in [0.15, 0.2) is 27.9 Å². The van der Waals surface area contributed by atoms with E-state index in [4.69, 9.17) is 0 Å². The molecule has 0 radical (unpaired) electrons. The van der Waals surface area contributed by atoms with E-state index in [1.54, 1.807) is 11.9 Å². The van der Waals surface area contributed by atoms with Gasteiger partial charge in [0.25, 0.3) is 5.56 Å². The molecule has 2 heterocycles. The first-order valence-electron chi connectivity index (χ1n) is 8.08. The highest BCUT2D eigenvalue weighted by Crippen LogP contribution is 2.60. The van der Waals surface area contributed by atoms with Crippen molar-refractivity contribution in [3.63, 3.8) is 0 Å². The van der Waals surface area contributed by atoms with Gasteiger partial charge in [-0.3, -0.25) is 9.59 Å². The highest BCUT2D eigenvalue weighted by Gasteiger charge is 2.60. The van der Waals surface area contributed by atoms with Crippen LogP contribution in [-0.2, 0) is 11.3 Å². The molecule has 128 valence electrons. The van der Waals surface area contributed by atoms with E-state index in [0.717, 1.165) is 0 Å². The fourth-order valence-electron chi connectivity index (χ4n) is 3.36. The number of aromatic amines is 1. The smallest absolute Gasteiger partial charge is 0.268 e. The van der Waals surface area contributed by atoms with Crippen LogP contribution in [0.2, 0.25) is 0 Å². The van der Waals surface area contributed by atoms with Gasteiger partial charge >= 0.3 is 0 Å². The minimum atomic E-state index is -0.139. The summed E-state index contributed by atoms with van der Waals surface area (Å²) in [5.41, 5.74) is 1.77. The maximum Gasteiger partial charge on any atom is 0.268 e. The summed E-state index contributed by atoms with van der Waals surface area (Å²) in [5.74, 6) is 0.910. The fraction of sp³-hybridized carbons (Fsp3) is 0.500. The Kier molecular flexibility index (Phi) is 4.11. The van der Waals surface area contributed by atoms with Crippen LogP contribution in [-0.4, -0.2) is 27.8 Å². The van der Waals surface area contributed by atoms with Gasteiger partial charge in [-0.2, -0.15) is 0 Å². The number of allylic oxidation sites excluding steroid dienone is 2. The van der Waals surface area contributed by atoms with Crippen molar-refractivity contribution in [2.45, 2.75) is 34.2 Å². The lowest BCUT2D eigenvalue weighted by Gasteiger charge is -2.17. The van der Waals surface area contributed by atoms with Crippen LogP contribution in [0.25, 0.3) is 10.2 Å². The van der Waals surface area contributed by atoms with E-state index in [0.29, 0.717) is 22.6 Å². The third kappa shape index (κ3) is 2.90. The van der Waals surface area contributed by atoms with Crippen molar-refractivity contribution in [3.8, 4) is 0 Å². The fourth-order valence-corrected chi connectivity index (χ4v) is 4.08. The lowest BCUT2D eigenvalue weighted by molar-refractivity contribution is -0.132. The van der Waals surface area contributed by atoms with E-state index < -0.39 is 0 Å². The lowest BCUT2D eigenvalue weighted by Crippen LogP contribution is -2.30. The SMILES string of the molecule is CC(C)=CC1C(C(=O)N(C)Cc2nc3ccsc3c(=O)[nH]2)C1(C)C. The van der Waals surface area contributed by atoms with Crippen LogP contribution in [0.5, 0.6) is 0 Å². The number of hydrogen-bond donors (Lipinski definition) is 1. The first-order chi connectivity index (χ1) is 11.2. The number of amides is 1. The topological polar surface area (TPSA) is 66.1 Å². The zero-order valence-electron chi connectivity index (χ0n) is 14.7. The van der Waals surface area contributed by atoms with Crippen molar-refractivity contribution in [2.24, 2.45) is 17.3 Å². The van der Waals surface area contributed by atoms with Crippen LogP contribution in [0, 0.1) is 17.3 Å². The number of hydrogen-bond acceptors (Lipinski definition) is 4. The number of fused-ring (bicyclic) bond motifs is 1. The van der Waals surface area contributed by atoms with Crippen LogP contribution < -0.4 is 5.56 Å². The number of nitrogens with zero attached hydrogens (tertiary/aromatic N) is 2. The first-order valence-corrected chi connectivity index (χ1v) is 8.96. The molecule has 1 saturated carbocycles. The van der Waals surface area contributed by atoms with Gasteiger partial charge in [0.2, 0.25) is 5.91 Å². The van der Waals surface area contributed by atoms with E-state index in [-0.39, 0.29) is 28.7 Å². The molecule has 2 aromatic rings. The van der Waals surface area contributed by atoms with E-state index >= 15 is 0 Å². The molecule has 3 rings (SSSR count). The zero-order valence-corrected chi connectivity index (χ0v) is 15.5. The van der Waals surface area contributed by atoms with Crippen molar-refractivity contribution in [1.82, 2.24) is 14.9 Å². The molecule has 2 aromatic heterocycles. The molecular formula is C18H23N3O2S. The van der Waals surface area contributed by atoms with Crippen molar-refractivity contribution >= 4 is 27.5 Å². The maximum atomic E-state index is 12.8. The van der Waals surface area contributed by atoms with Crippen LogP contribution in [0.3, 0.4) is 0 Å². The molecule has 1 amide bonds. The van der Waals surface area contributed by atoms with E-state index in [1.165, 1.54) is 16.9 Å². The molecule has 2 atom stereocenters. The highest BCUT2D eigenvalue weighted by molar-refractivity contribution is 7.17. The number of rotatable bonds is 4. The zero-order chi connectivity index (χ0) is 17.6. The van der Waals surface area contributed by atoms with E-state index in [2.05, 4.69) is 43.7 Å². The standard InChI is InChI=1S/C18H23N3O2S/c1-10(2)8-11-14(18(11,3)4)17(23)21(5)9-13-19-12-6-7-24-15(12)16(22)20-13/h6-8,11,14H,9H2,1-5H3,(H,19,20,22). The number of aromatic nitrogens is 2. The Labute approximate surface area is 145 Å². The third-order valence-corrected chi connectivity index (χ3v) is 5.72. The molecule has 0 aromatic carbocycles. The summed E-state index contributed by atoms with van der Waals surface area (Å²) in [6.45, 7) is 8.69. The van der Waals surface area contributed by atoms with Gasteiger partial charge in [0, 0.05) is 7.05 Å². The highest BCUT2D eigenvalue weighted by atomic mass is 32.1. The molecule has 1 aliphatic carbocycles. The molecule has 0 bridgehead atoms. The summed E-state index contributed by atoms with van der Waals surface area (Å²) >= 11 is 1.38. The first kappa shape index (κ1) is 16.9. The quantitative estimate of drug-likeness (QED) is 0.866. The van der Waals surface area contributed by atoms with Crippen molar-refractivity contribution in [2.75, 3.05) is 7.05 Å². The molecule has 1 fully saturated rings. The van der Waals surface area contributed by atoms with Crippen LogP contribution >= 0.6 is 11.3 Å². The second-order valence-electron chi connectivity index (χ2n) is 7.41. The Morgan fingerprint density at radius 2 is 2.17 bits per heavy atom. The number of thiophene rings is 1. The van der Waals surface area contributed by atoms with Crippen LogP contribution in [0.1, 0.15) is 33.5 Å². The van der Waals surface area contributed by atoms with E-state index in [9.17, 15) is 9.59 Å². The molecule has 1 aliphatic rings. The number of H-pyrrole nitrogens is 1. The van der Waals surface area contributed by atoms with Gasteiger partial charge in [-0.25, -0.2) is 4.98 Å². The van der Waals surface area contributed by atoms with Gasteiger partial charge in [0.15, 0.2) is 0 Å². The summed E-state index contributed by atoms with van der Waals surface area (Å²) in [5, 5.41) is 1.85. The Morgan fingerprint density at radius 1 is 1.46 bits per heavy atom. The van der Waals surface area contributed by atoms with Gasteiger partial charge in [-0.05, 0) is 36.6 Å². The summed E-state index contributed by atoms with van der Waals surface area (Å²) in [4.78, 5) is 33.7. The predicted molar refractivity (Wildman–Crippen MR) is 96.9 cm³/mol. The molecule has 1 N–H and O–H groups in total. The summed E-state index contributed by atoms with van der Waals surface area (Å²) in [6, 6.07) is 1.83. The molecule has 6 heteroatoms. The number of carbonyl (C=O) groups excluding carboxylic acids is 1. The second kappa shape index (κ2) is 5.84. The van der Waals surface area contributed by atoms with Gasteiger partial charge < -0.3 is 9.88 Å². The van der Waals surface area contributed by atoms with Gasteiger partial charge in [0.05, 0.1) is 18.0 Å². The molecule has 0 spiro atoms. The van der Waals surface area contributed by atoms with E-state index in [1.807, 2.05) is 11.4 Å². The molecule has 0 aliphatic heterocycles. The largest absolute Gasteiger partial charge is 0.338 e. The third-order valence-electron chi connectivity index (χ3n) is 4.82. The monoisotopic (exact) mass is 345 g/mol. The van der Waals surface area contributed by atoms with Crippen molar-refractivity contribution in [3.05, 3.63) is 39.3 Å². The molecular weight excluding hydrogens is 322 g/mol. The molecule has 0 saturated heterocycles. The minimum absolute atomic E-state index is 0.00556. The summed E-state index contributed by atoms with van der Waals surface area (Å²) < 4.78 is 0.625. The van der Waals surface area contributed by atoms with Gasteiger partial charge in [0.1, 0.15) is 10.5 Å². The Bertz CT molecular complexity index is 874. The number of carbonyl (C=O) groups is 1. The summed E-state index contributed by atoms with van der Waals surface area (Å²) in [7, 11) is 1.77. The minimum Gasteiger partial charge on any atom is -0.338 e. The van der Waals surface area contributed by atoms with Gasteiger partial charge in [-0.15, -0.1) is 11.3 Å². The Balaban J connectivity index is 1.77. The van der Waals surface area contributed by atoms with Crippen molar-refractivity contribution in [1.29, 1.82) is 0 Å². The predicted octanol–water partition coefficient (Wildman–Crippen LogP) is 3.18. The Hall–Kier alpha value is -1.95. The lowest BCUT2D eigenvalue weighted by atomic mass is 10.1. The van der Waals surface area contributed by atoms with Crippen LogP contribution in [0.4, 0.5) is 0 Å².